The van der Waals surface area contributed by atoms with Gasteiger partial charge in [0.25, 0.3) is 9.84 Å². The van der Waals surface area contributed by atoms with E-state index in [-0.39, 0.29) is 4.75 Å². The van der Waals surface area contributed by atoms with Gasteiger partial charge in [-0.05, 0) is 19.4 Å². The zero-order valence-electron chi connectivity index (χ0n) is 7.45. The van der Waals surface area contributed by atoms with Crippen LogP contribution in [0.25, 0.3) is 0 Å². The molecule has 1 spiro atoms. The lowest BCUT2D eigenvalue weighted by Gasteiger charge is -2.51. The Hall–Kier alpha value is -0.0900. The van der Waals surface area contributed by atoms with E-state index in [1.807, 2.05) is 0 Å². The molecule has 1 N–H and O–H groups in total. The molecule has 0 bridgehead atoms. The maximum Gasteiger partial charge on any atom is 0.281 e. The Bertz CT molecular complexity index is 277. The van der Waals surface area contributed by atoms with Crippen LogP contribution in [0.1, 0.15) is 19.8 Å². The molecule has 4 heteroatoms. The Morgan fingerprint density at radius 1 is 1.58 bits per heavy atom. The first-order valence-electron chi connectivity index (χ1n) is 4.56. The van der Waals surface area contributed by atoms with Crippen molar-refractivity contribution in [3.05, 3.63) is 0 Å². The van der Waals surface area contributed by atoms with E-state index in [2.05, 4.69) is 11.8 Å². The van der Waals surface area contributed by atoms with Crippen LogP contribution < -0.4 is 0 Å². The van der Waals surface area contributed by atoms with Crippen molar-refractivity contribution >= 4 is 9.84 Å². The third kappa shape index (κ3) is 0.941. The number of rotatable bonds is 2. The maximum atomic E-state index is 11.5. The van der Waals surface area contributed by atoms with Gasteiger partial charge in [-0.3, -0.25) is 4.90 Å². The topological polar surface area (TPSA) is 41.7 Å². The van der Waals surface area contributed by atoms with E-state index < -0.39 is 9.84 Å². The van der Waals surface area contributed by atoms with E-state index >= 15 is 0 Å². The van der Waals surface area contributed by atoms with Gasteiger partial charge in [-0.25, -0.2) is 4.21 Å². The van der Waals surface area contributed by atoms with Crippen LogP contribution >= 0.6 is 0 Å². The minimum Gasteiger partial charge on any atom is -0.300 e. The number of hydrogen-bond acceptors (Lipinski definition) is 2. The van der Waals surface area contributed by atoms with Gasteiger partial charge in [0.15, 0.2) is 0 Å². The van der Waals surface area contributed by atoms with Gasteiger partial charge in [0.05, 0.1) is 5.75 Å². The van der Waals surface area contributed by atoms with Crippen LogP contribution in [0.15, 0.2) is 0 Å². The lowest BCUT2D eigenvalue weighted by Crippen LogP contribution is -2.71. The molecule has 2 heterocycles. The van der Waals surface area contributed by atoms with Crippen LogP contribution in [0.4, 0.5) is 0 Å². The second-order valence-corrected chi connectivity index (χ2v) is 6.54. The van der Waals surface area contributed by atoms with Crippen LogP contribution in [0, 0.1) is 0 Å². The number of likely N-dealkylation sites (tertiary alicyclic amines) is 1. The molecule has 1 unspecified atom stereocenters. The average Bonchev–Trinajstić information content (AvgIpc) is 1.93. The van der Waals surface area contributed by atoms with Gasteiger partial charge in [0, 0.05) is 13.1 Å². The lowest BCUT2D eigenvalue weighted by molar-refractivity contribution is 0.106. The molecule has 0 amide bonds. The van der Waals surface area contributed by atoms with E-state index in [4.69, 9.17) is 0 Å². The summed E-state index contributed by atoms with van der Waals surface area (Å²) in [4.78, 5) is 2.27. The van der Waals surface area contributed by atoms with E-state index in [0.29, 0.717) is 5.75 Å². The highest BCUT2D eigenvalue weighted by Crippen LogP contribution is 2.41. The highest BCUT2D eigenvalue weighted by atomic mass is 32.2. The standard InChI is InChI=1S/C8H15NO2S/c1-2-4-9-6-8(7-9)3-5-12(8,10)11/h2-7H2,1H3/p+1. The van der Waals surface area contributed by atoms with Crippen LogP contribution in [0.2, 0.25) is 0 Å². The summed E-state index contributed by atoms with van der Waals surface area (Å²) >= 11 is 0. The van der Waals surface area contributed by atoms with Gasteiger partial charge in [-0.15, -0.1) is 0 Å². The summed E-state index contributed by atoms with van der Waals surface area (Å²) < 4.78 is 20.7. The van der Waals surface area contributed by atoms with Gasteiger partial charge >= 0.3 is 0 Å². The Balaban J connectivity index is 1.96. The Morgan fingerprint density at radius 3 is 2.58 bits per heavy atom. The monoisotopic (exact) mass is 190 g/mol. The zero-order chi connectivity index (χ0) is 8.82. The number of nitrogens with zero attached hydrogens (tertiary/aromatic N) is 1. The summed E-state index contributed by atoms with van der Waals surface area (Å²) in [6.45, 7) is 4.94. The van der Waals surface area contributed by atoms with Gasteiger partial charge in [-0.2, -0.15) is 4.21 Å². The second kappa shape index (κ2) is 2.45. The molecule has 0 aromatic rings. The summed E-state index contributed by atoms with van der Waals surface area (Å²) in [5.41, 5.74) is 0. The van der Waals surface area contributed by atoms with Gasteiger partial charge in [0.2, 0.25) is 0 Å². The fourth-order valence-electron chi connectivity index (χ4n) is 2.17. The fourth-order valence-corrected chi connectivity index (χ4v) is 4.07. The van der Waals surface area contributed by atoms with Crippen molar-refractivity contribution in [2.24, 2.45) is 0 Å². The minimum atomic E-state index is -2.43. The predicted molar refractivity (Wildman–Crippen MR) is 49.0 cm³/mol. The molecule has 70 valence electrons. The van der Waals surface area contributed by atoms with E-state index in [9.17, 15) is 8.42 Å². The first-order valence-corrected chi connectivity index (χ1v) is 6.24. The molecule has 12 heavy (non-hydrogen) atoms. The van der Waals surface area contributed by atoms with Crippen molar-refractivity contribution in [3.8, 4) is 0 Å². The summed E-state index contributed by atoms with van der Waals surface area (Å²) in [5.74, 6) is 0.535. The van der Waals surface area contributed by atoms with Gasteiger partial charge in [0.1, 0.15) is 4.75 Å². The van der Waals surface area contributed by atoms with Gasteiger partial charge in [-0.1, -0.05) is 6.92 Å². The second-order valence-electron chi connectivity index (χ2n) is 3.99. The van der Waals surface area contributed by atoms with Crippen molar-refractivity contribution in [1.82, 2.24) is 4.90 Å². The van der Waals surface area contributed by atoms with Gasteiger partial charge < -0.3 is 0 Å². The smallest absolute Gasteiger partial charge is 0.281 e. The number of hydrogen-bond donors (Lipinski definition) is 0. The molecule has 2 aliphatic rings. The average molecular weight is 190 g/mol. The molecule has 2 saturated heterocycles. The SMILES string of the molecule is CCCN1CC2(CCS2(=O)=[OH+])C1. The van der Waals surface area contributed by atoms with Crippen LogP contribution in [0.3, 0.4) is 0 Å². The molecule has 2 aliphatic heterocycles. The molecular formula is C8H16NO2S+. The normalized spacial score (nSPS) is 39.1. The predicted octanol–water partition coefficient (Wildman–Crippen LogP) is 0.426. The van der Waals surface area contributed by atoms with E-state index in [0.717, 1.165) is 32.5 Å². The lowest BCUT2D eigenvalue weighted by atomic mass is 9.94. The summed E-state index contributed by atoms with van der Waals surface area (Å²) in [6, 6.07) is 0. The molecular weight excluding hydrogens is 174 g/mol. The largest absolute Gasteiger partial charge is 0.300 e. The first-order chi connectivity index (χ1) is 5.60. The highest BCUT2D eigenvalue weighted by Gasteiger charge is 2.63. The Labute approximate surface area is 73.7 Å². The Morgan fingerprint density at radius 2 is 2.25 bits per heavy atom. The quantitative estimate of drug-likeness (QED) is 0.592. The molecule has 0 aromatic carbocycles. The van der Waals surface area contributed by atoms with Crippen molar-refractivity contribution in [2.75, 3.05) is 25.4 Å². The first kappa shape index (κ1) is 8.51. The van der Waals surface area contributed by atoms with Crippen LogP contribution in [-0.2, 0) is 9.84 Å². The third-order valence-electron chi connectivity index (χ3n) is 3.07. The van der Waals surface area contributed by atoms with Crippen LogP contribution in [0.5, 0.6) is 0 Å². The van der Waals surface area contributed by atoms with E-state index in [1.54, 1.807) is 0 Å². The summed E-state index contributed by atoms with van der Waals surface area (Å²) in [7, 11) is -2.43. The Kier molecular flexibility index (Phi) is 1.74. The van der Waals surface area contributed by atoms with Crippen molar-refractivity contribution in [1.29, 1.82) is 0 Å². The minimum absolute atomic E-state index is 0.178. The summed E-state index contributed by atoms with van der Waals surface area (Å²) in [6.07, 6.45) is 2.10. The third-order valence-corrected chi connectivity index (χ3v) is 5.65. The molecule has 1 atom stereocenters. The highest BCUT2D eigenvalue weighted by molar-refractivity contribution is 7.94. The molecule has 0 radical (unpaired) electrons. The van der Waals surface area contributed by atoms with E-state index in [1.165, 1.54) is 0 Å². The molecule has 3 nitrogen and oxygen atoms in total. The molecule has 2 fully saturated rings. The van der Waals surface area contributed by atoms with Crippen molar-refractivity contribution in [2.45, 2.75) is 24.5 Å². The molecule has 2 rings (SSSR count). The maximum absolute atomic E-state index is 11.5. The molecule has 0 aromatic heterocycles. The van der Waals surface area contributed by atoms with Crippen LogP contribution in [-0.4, -0.2) is 43.5 Å². The fraction of sp³-hybridized carbons (Fsp3) is 1.00. The summed E-state index contributed by atoms with van der Waals surface area (Å²) in [5, 5.41) is 0. The molecule has 0 aliphatic carbocycles. The van der Waals surface area contributed by atoms with Crippen molar-refractivity contribution < 1.29 is 8.42 Å². The molecule has 0 saturated carbocycles. The zero-order valence-corrected chi connectivity index (χ0v) is 8.27. The van der Waals surface area contributed by atoms with Crippen molar-refractivity contribution in [3.63, 3.8) is 0 Å².